The quantitative estimate of drug-likeness (QED) is 0.684. The molecule has 0 aliphatic carbocycles. The second-order valence-electron chi connectivity index (χ2n) is 7.22. The molecule has 0 spiro atoms. The summed E-state index contributed by atoms with van der Waals surface area (Å²) in [5.74, 6) is 2.09. The number of hydrogen-bond acceptors (Lipinski definition) is 6. The Balaban J connectivity index is 1.36. The van der Waals surface area contributed by atoms with Crippen molar-refractivity contribution in [3.05, 3.63) is 89.5 Å². The molecule has 2 aliphatic heterocycles. The van der Waals surface area contributed by atoms with Crippen LogP contribution in [0.5, 0.6) is 17.2 Å². The lowest BCUT2D eigenvalue weighted by Crippen LogP contribution is -2.27. The molecule has 0 radical (unpaired) electrons. The van der Waals surface area contributed by atoms with Crippen molar-refractivity contribution in [2.75, 3.05) is 13.2 Å². The first kappa shape index (κ1) is 18.5. The van der Waals surface area contributed by atoms with Crippen molar-refractivity contribution in [1.29, 1.82) is 0 Å². The molecule has 152 valence electrons. The lowest BCUT2D eigenvalue weighted by Gasteiger charge is -2.22. The smallest absolute Gasteiger partial charge is 0.161 e. The molecular weight excluding hydrogens is 380 g/mol. The first-order chi connectivity index (χ1) is 14.8. The maximum absolute atomic E-state index is 11.0. The van der Waals surface area contributed by atoms with Crippen LogP contribution in [-0.2, 0) is 6.61 Å². The van der Waals surface area contributed by atoms with E-state index in [1.807, 2.05) is 72.8 Å². The van der Waals surface area contributed by atoms with Crippen LogP contribution in [-0.4, -0.2) is 30.1 Å². The fraction of sp³-hybridized carbons (Fsp3) is 0.208. The van der Waals surface area contributed by atoms with E-state index in [-0.39, 0.29) is 6.04 Å². The minimum Gasteiger partial charge on any atom is -0.488 e. The SMILES string of the molecule is O[C@@H]1C(c2ccccc2OCc2ccccc2)=NN[C@H]1c1ccc2c(c1)OCCO2. The maximum Gasteiger partial charge on any atom is 0.161 e. The van der Waals surface area contributed by atoms with Gasteiger partial charge >= 0.3 is 0 Å². The summed E-state index contributed by atoms with van der Waals surface area (Å²) in [5, 5.41) is 15.5. The first-order valence-corrected chi connectivity index (χ1v) is 9.96. The number of hydrazone groups is 1. The molecule has 0 amide bonds. The van der Waals surface area contributed by atoms with Crippen LogP contribution >= 0.6 is 0 Å². The van der Waals surface area contributed by atoms with Gasteiger partial charge in [0.1, 0.15) is 43.4 Å². The Morgan fingerprint density at radius 3 is 2.57 bits per heavy atom. The Labute approximate surface area is 174 Å². The third-order valence-electron chi connectivity index (χ3n) is 5.25. The molecule has 0 bridgehead atoms. The molecular formula is C24H22N2O4. The van der Waals surface area contributed by atoms with E-state index >= 15 is 0 Å². The summed E-state index contributed by atoms with van der Waals surface area (Å²) >= 11 is 0. The normalized spacial score (nSPS) is 19.7. The van der Waals surface area contributed by atoms with Gasteiger partial charge in [0.25, 0.3) is 0 Å². The molecule has 3 aromatic carbocycles. The number of nitrogens with zero attached hydrogens (tertiary/aromatic N) is 1. The second-order valence-corrected chi connectivity index (χ2v) is 7.22. The fourth-order valence-electron chi connectivity index (χ4n) is 3.70. The number of ether oxygens (including phenoxy) is 3. The summed E-state index contributed by atoms with van der Waals surface area (Å²) in [6.07, 6.45) is -0.825. The lowest BCUT2D eigenvalue weighted by molar-refractivity contribution is 0.170. The van der Waals surface area contributed by atoms with Gasteiger partial charge in [0.2, 0.25) is 0 Å². The third-order valence-corrected chi connectivity index (χ3v) is 5.25. The fourth-order valence-corrected chi connectivity index (χ4v) is 3.70. The van der Waals surface area contributed by atoms with Gasteiger partial charge in [-0.1, -0.05) is 48.5 Å². The highest BCUT2D eigenvalue weighted by Gasteiger charge is 2.34. The van der Waals surface area contributed by atoms with E-state index in [0.29, 0.717) is 37.0 Å². The number of fused-ring (bicyclic) bond motifs is 1. The first-order valence-electron chi connectivity index (χ1n) is 9.96. The van der Waals surface area contributed by atoms with E-state index in [1.165, 1.54) is 0 Å². The van der Waals surface area contributed by atoms with Crippen molar-refractivity contribution >= 4 is 5.71 Å². The van der Waals surface area contributed by atoms with Gasteiger partial charge in [0.15, 0.2) is 11.5 Å². The van der Waals surface area contributed by atoms with Crippen molar-refractivity contribution in [2.45, 2.75) is 18.8 Å². The van der Waals surface area contributed by atoms with Crippen LogP contribution in [0, 0.1) is 0 Å². The average Bonchev–Trinajstić information content (AvgIpc) is 3.19. The van der Waals surface area contributed by atoms with Crippen molar-refractivity contribution < 1.29 is 19.3 Å². The summed E-state index contributed by atoms with van der Waals surface area (Å²) in [6, 6.07) is 22.9. The minimum atomic E-state index is -0.825. The topological polar surface area (TPSA) is 72.3 Å². The molecule has 2 atom stereocenters. The number of nitrogens with one attached hydrogen (secondary N) is 1. The zero-order valence-electron chi connectivity index (χ0n) is 16.3. The molecule has 0 fully saturated rings. The zero-order valence-corrected chi connectivity index (χ0v) is 16.3. The molecule has 5 rings (SSSR count). The van der Waals surface area contributed by atoms with E-state index in [1.54, 1.807) is 0 Å². The standard InChI is InChI=1S/C24H22N2O4/c27-24-22(17-10-11-20-21(14-17)29-13-12-28-20)25-26-23(24)18-8-4-5-9-19(18)30-15-16-6-2-1-3-7-16/h1-11,14,22,24-25,27H,12-13,15H2/t22-,24-/m0/s1. The lowest BCUT2D eigenvalue weighted by atomic mass is 9.95. The predicted molar refractivity (Wildman–Crippen MR) is 113 cm³/mol. The molecule has 0 saturated heterocycles. The van der Waals surface area contributed by atoms with Crippen molar-refractivity contribution in [1.82, 2.24) is 5.43 Å². The zero-order chi connectivity index (χ0) is 20.3. The van der Waals surface area contributed by atoms with E-state index in [9.17, 15) is 5.11 Å². The molecule has 0 aromatic heterocycles. The Bertz CT molecular complexity index is 1070. The number of rotatable bonds is 5. The summed E-state index contributed by atoms with van der Waals surface area (Å²) in [7, 11) is 0. The van der Waals surface area contributed by atoms with Crippen molar-refractivity contribution in [3.63, 3.8) is 0 Å². The van der Waals surface area contributed by atoms with Gasteiger partial charge < -0.3 is 19.3 Å². The number of benzene rings is 3. The Kier molecular flexibility index (Phi) is 4.99. The van der Waals surface area contributed by atoms with Gasteiger partial charge in [-0.2, -0.15) is 5.10 Å². The highest BCUT2D eigenvalue weighted by Crippen LogP contribution is 2.35. The molecule has 3 aromatic rings. The van der Waals surface area contributed by atoms with Crippen LogP contribution < -0.4 is 19.6 Å². The summed E-state index contributed by atoms with van der Waals surface area (Å²) in [5.41, 5.74) is 6.35. The Morgan fingerprint density at radius 1 is 0.933 bits per heavy atom. The Hall–Kier alpha value is -3.51. The molecule has 2 N–H and O–H groups in total. The van der Waals surface area contributed by atoms with Crippen LogP contribution in [0.25, 0.3) is 0 Å². The summed E-state index contributed by atoms with van der Waals surface area (Å²) < 4.78 is 17.3. The molecule has 6 heteroatoms. The largest absolute Gasteiger partial charge is 0.488 e. The van der Waals surface area contributed by atoms with E-state index in [2.05, 4.69) is 10.5 Å². The third kappa shape index (κ3) is 3.57. The number of aliphatic hydroxyl groups excluding tert-OH is 1. The highest BCUT2D eigenvalue weighted by molar-refractivity contribution is 6.07. The van der Waals surface area contributed by atoms with Crippen LogP contribution in [0.2, 0.25) is 0 Å². The summed E-state index contributed by atoms with van der Waals surface area (Å²) in [6.45, 7) is 1.51. The highest BCUT2D eigenvalue weighted by atomic mass is 16.6. The molecule has 0 unspecified atom stereocenters. The van der Waals surface area contributed by atoms with Crippen LogP contribution in [0.15, 0.2) is 77.9 Å². The van der Waals surface area contributed by atoms with Gasteiger partial charge in [0, 0.05) is 5.56 Å². The van der Waals surface area contributed by atoms with E-state index in [4.69, 9.17) is 14.2 Å². The van der Waals surface area contributed by atoms with Gasteiger partial charge in [-0.05, 0) is 35.4 Å². The molecule has 0 saturated carbocycles. The average molecular weight is 402 g/mol. The van der Waals surface area contributed by atoms with Gasteiger partial charge in [-0.3, -0.25) is 5.43 Å². The van der Waals surface area contributed by atoms with Gasteiger partial charge in [0.05, 0.1) is 0 Å². The molecule has 2 heterocycles. The van der Waals surface area contributed by atoms with Gasteiger partial charge in [-0.15, -0.1) is 0 Å². The van der Waals surface area contributed by atoms with Crippen LogP contribution in [0.1, 0.15) is 22.7 Å². The van der Waals surface area contributed by atoms with Crippen molar-refractivity contribution in [3.8, 4) is 17.2 Å². The summed E-state index contributed by atoms with van der Waals surface area (Å²) in [4.78, 5) is 0. The molecule has 6 nitrogen and oxygen atoms in total. The van der Waals surface area contributed by atoms with Crippen molar-refractivity contribution in [2.24, 2.45) is 5.10 Å². The molecule has 30 heavy (non-hydrogen) atoms. The minimum absolute atomic E-state index is 0.377. The predicted octanol–water partition coefficient (Wildman–Crippen LogP) is 3.45. The second kappa shape index (κ2) is 8.08. The monoisotopic (exact) mass is 402 g/mol. The van der Waals surface area contributed by atoms with E-state index in [0.717, 1.165) is 22.4 Å². The number of aliphatic hydroxyl groups is 1. The molecule has 2 aliphatic rings. The van der Waals surface area contributed by atoms with Gasteiger partial charge in [-0.25, -0.2) is 0 Å². The Morgan fingerprint density at radius 2 is 1.70 bits per heavy atom. The number of hydrogen-bond donors (Lipinski definition) is 2. The van der Waals surface area contributed by atoms with Crippen LogP contribution in [0.3, 0.4) is 0 Å². The van der Waals surface area contributed by atoms with Crippen LogP contribution in [0.4, 0.5) is 0 Å². The number of para-hydroxylation sites is 1. The van der Waals surface area contributed by atoms with E-state index < -0.39 is 6.10 Å². The maximum atomic E-state index is 11.0.